The van der Waals surface area contributed by atoms with Crippen LogP contribution in [-0.4, -0.2) is 52.4 Å². The summed E-state index contributed by atoms with van der Waals surface area (Å²) in [6.07, 6.45) is 9.26. The Kier molecular flexibility index (Phi) is 4.90. The van der Waals surface area contributed by atoms with Gasteiger partial charge in [-0.1, -0.05) is 0 Å². The van der Waals surface area contributed by atoms with Crippen molar-refractivity contribution < 1.29 is 9.21 Å². The smallest absolute Gasteiger partial charge is 0.257 e. The van der Waals surface area contributed by atoms with Gasteiger partial charge in [0.2, 0.25) is 0 Å². The van der Waals surface area contributed by atoms with E-state index in [1.54, 1.807) is 0 Å². The molecule has 5 rings (SSSR count). The summed E-state index contributed by atoms with van der Waals surface area (Å²) in [7, 11) is 2.14. The number of hydrogen-bond donors (Lipinski definition) is 0. The summed E-state index contributed by atoms with van der Waals surface area (Å²) in [5, 5.41) is 0. The summed E-state index contributed by atoms with van der Waals surface area (Å²) in [4.78, 5) is 27.4. The lowest BCUT2D eigenvalue weighted by Gasteiger charge is -2.33. The quantitative estimate of drug-likeness (QED) is 0.782. The van der Waals surface area contributed by atoms with Crippen molar-refractivity contribution in [2.24, 2.45) is 0 Å². The molecule has 4 heterocycles. The molecule has 2 aromatic rings. The van der Waals surface area contributed by atoms with Gasteiger partial charge in [-0.2, -0.15) is 0 Å². The average Bonchev–Trinajstić information content (AvgIpc) is 3.08. The Morgan fingerprint density at radius 2 is 2.03 bits per heavy atom. The van der Waals surface area contributed by atoms with E-state index in [0.717, 1.165) is 93.1 Å². The number of likely N-dealkylation sites (tertiary alicyclic amines) is 1. The van der Waals surface area contributed by atoms with E-state index in [1.807, 2.05) is 18.0 Å². The summed E-state index contributed by atoms with van der Waals surface area (Å²) in [5.74, 6) is 3.10. The van der Waals surface area contributed by atoms with Crippen LogP contribution in [0.15, 0.2) is 10.6 Å². The normalized spacial score (nSPS) is 22.3. The van der Waals surface area contributed by atoms with Gasteiger partial charge in [-0.25, -0.2) is 9.97 Å². The van der Waals surface area contributed by atoms with E-state index in [1.165, 1.54) is 11.3 Å². The predicted molar refractivity (Wildman–Crippen MR) is 110 cm³/mol. The van der Waals surface area contributed by atoms with Crippen LogP contribution in [0.4, 0.5) is 0 Å². The number of carbonyl (C=O) groups is 1. The highest BCUT2D eigenvalue weighted by Crippen LogP contribution is 2.33. The van der Waals surface area contributed by atoms with Crippen LogP contribution in [0.25, 0.3) is 0 Å². The Morgan fingerprint density at radius 3 is 2.93 bits per heavy atom. The van der Waals surface area contributed by atoms with Gasteiger partial charge in [0.1, 0.15) is 17.3 Å². The number of aromatic nitrogens is 2. The summed E-state index contributed by atoms with van der Waals surface area (Å²) in [6.45, 7) is 5.43. The van der Waals surface area contributed by atoms with Crippen LogP contribution in [0.3, 0.4) is 0 Å². The minimum Gasteiger partial charge on any atom is -0.465 e. The molecule has 6 heteroatoms. The highest BCUT2D eigenvalue weighted by Gasteiger charge is 2.32. The molecule has 2 aliphatic heterocycles. The molecule has 0 radical (unpaired) electrons. The largest absolute Gasteiger partial charge is 0.465 e. The molecular weight excluding hydrogens is 364 g/mol. The number of piperidine rings is 1. The number of amides is 1. The molecule has 6 nitrogen and oxygen atoms in total. The van der Waals surface area contributed by atoms with E-state index in [-0.39, 0.29) is 11.8 Å². The fourth-order valence-electron chi connectivity index (χ4n) is 5.18. The van der Waals surface area contributed by atoms with Crippen molar-refractivity contribution in [3.63, 3.8) is 0 Å². The third-order valence-electron chi connectivity index (χ3n) is 6.78. The fraction of sp³-hybridized carbons (Fsp3) is 0.609. The van der Waals surface area contributed by atoms with Crippen molar-refractivity contribution >= 4 is 5.91 Å². The minimum absolute atomic E-state index is 0.138. The minimum atomic E-state index is 0.138. The zero-order valence-electron chi connectivity index (χ0n) is 17.5. The molecule has 0 saturated carbocycles. The molecular formula is C23H30N4O2. The van der Waals surface area contributed by atoms with Crippen LogP contribution < -0.4 is 0 Å². The average molecular weight is 395 g/mol. The molecule has 0 aromatic carbocycles. The van der Waals surface area contributed by atoms with E-state index in [0.29, 0.717) is 6.54 Å². The van der Waals surface area contributed by atoms with Crippen LogP contribution in [-0.2, 0) is 25.8 Å². The number of fused-ring (bicyclic) bond motifs is 2. The van der Waals surface area contributed by atoms with Gasteiger partial charge in [-0.3, -0.25) is 4.79 Å². The first-order chi connectivity index (χ1) is 14.1. The van der Waals surface area contributed by atoms with Crippen LogP contribution >= 0.6 is 0 Å². The fourth-order valence-corrected chi connectivity index (χ4v) is 5.18. The Morgan fingerprint density at radius 1 is 1.17 bits per heavy atom. The zero-order chi connectivity index (χ0) is 20.0. The molecule has 29 heavy (non-hydrogen) atoms. The lowest BCUT2D eigenvalue weighted by atomic mass is 9.92. The summed E-state index contributed by atoms with van der Waals surface area (Å²) >= 11 is 0. The molecule has 154 valence electrons. The number of furan rings is 1. The molecule has 0 unspecified atom stereocenters. The van der Waals surface area contributed by atoms with Crippen molar-refractivity contribution in [3.8, 4) is 0 Å². The van der Waals surface area contributed by atoms with Gasteiger partial charge in [0.15, 0.2) is 0 Å². The van der Waals surface area contributed by atoms with Crippen molar-refractivity contribution in [2.75, 3.05) is 26.7 Å². The number of aryl methyl sites for hydroxylation is 2. The van der Waals surface area contributed by atoms with Crippen LogP contribution in [0.2, 0.25) is 0 Å². The molecule has 1 aliphatic carbocycles. The van der Waals surface area contributed by atoms with Crippen molar-refractivity contribution in [1.82, 2.24) is 19.8 Å². The summed E-state index contributed by atoms with van der Waals surface area (Å²) < 4.78 is 5.96. The molecule has 1 atom stereocenters. The number of rotatable bonds is 2. The maximum atomic E-state index is 13.4. The Balaban J connectivity index is 1.36. The van der Waals surface area contributed by atoms with Gasteiger partial charge < -0.3 is 14.2 Å². The predicted octanol–water partition coefficient (Wildman–Crippen LogP) is 3.26. The van der Waals surface area contributed by atoms with E-state index in [4.69, 9.17) is 14.4 Å². The van der Waals surface area contributed by atoms with Crippen LogP contribution in [0.1, 0.15) is 76.1 Å². The SMILES string of the molecule is Cc1oc2c(c1C(=O)N1CCC[C@@H](c3ncc4c(n3)CCN(C)C4)C1)CCCC2. The van der Waals surface area contributed by atoms with Crippen LogP contribution in [0, 0.1) is 6.92 Å². The molecule has 3 aliphatic rings. The maximum absolute atomic E-state index is 13.4. The van der Waals surface area contributed by atoms with E-state index >= 15 is 0 Å². The van der Waals surface area contributed by atoms with Crippen molar-refractivity contribution in [1.29, 1.82) is 0 Å². The first-order valence-corrected chi connectivity index (χ1v) is 11.0. The molecule has 2 aromatic heterocycles. The standard InChI is InChI=1S/C23H30N4O2/c1-15-21(18-7-3-4-8-20(18)29-15)23(28)27-10-5-6-16(14-27)22-24-12-17-13-26(2)11-9-19(17)25-22/h12,16H,3-11,13-14H2,1-2H3/t16-/m1/s1. The third kappa shape index (κ3) is 3.48. The van der Waals surface area contributed by atoms with Crippen LogP contribution in [0.5, 0.6) is 0 Å². The third-order valence-corrected chi connectivity index (χ3v) is 6.78. The molecule has 1 fully saturated rings. The van der Waals surface area contributed by atoms with Gasteiger partial charge in [0.05, 0.1) is 5.56 Å². The number of carbonyl (C=O) groups excluding carboxylic acids is 1. The second-order valence-corrected chi connectivity index (χ2v) is 8.92. The van der Waals surface area contributed by atoms with E-state index in [2.05, 4.69) is 11.9 Å². The van der Waals surface area contributed by atoms with Gasteiger partial charge in [-0.05, 0) is 46.1 Å². The number of likely N-dealkylation sites (N-methyl/N-ethyl adjacent to an activating group) is 1. The molecule has 1 saturated heterocycles. The molecule has 0 spiro atoms. The monoisotopic (exact) mass is 394 g/mol. The Labute approximate surface area is 172 Å². The van der Waals surface area contributed by atoms with E-state index in [9.17, 15) is 4.79 Å². The van der Waals surface area contributed by atoms with E-state index < -0.39 is 0 Å². The lowest BCUT2D eigenvalue weighted by molar-refractivity contribution is 0.0701. The summed E-state index contributed by atoms with van der Waals surface area (Å²) in [5.41, 5.74) is 4.42. The highest BCUT2D eigenvalue weighted by molar-refractivity contribution is 5.97. The summed E-state index contributed by atoms with van der Waals surface area (Å²) in [6, 6.07) is 0. The molecule has 0 N–H and O–H groups in total. The molecule has 0 bridgehead atoms. The number of nitrogens with zero attached hydrogens (tertiary/aromatic N) is 4. The second kappa shape index (κ2) is 7.56. The highest BCUT2D eigenvalue weighted by atomic mass is 16.3. The first-order valence-electron chi connectivity index (χ1n) is 11.0. The van der Waals surface area contributed by atoms with Gasteiger partial charge in [-0.15, -0.1) is 0 Å². The number of hydrogen-bond acceptors (Lipinski definition) is 5. The molecule has 1 amide bonds. The van der Waals surface area contributed by atoms with Gasteiger partial charge in [0.25, 0.3) is 5.91 Å². The Hall–Kier alpha value is -2.21. The van der Waals surface area contributed by atoms with Gasteiger partial charge >= 0.3 is 0 Å². The topological polar surface area (TPSA) is 62.5 Å². The maximum Gasteiger partial charge on any atom is 0.257 e. The van der Waals surface area contributed by atoms with Crippen molar-refractivity contribution in [2.45, 2.75) is 64.3 Å². The first kappa shape index (κ1) is 18.8. The van der Waals surface area contributed by atoms with Crippen molar-refractivity contribution in [3.05, 3.63) is 45.9 Å². The van der Waals surface area contributed by atoms with Gasteiger partial charge in [0, 0.05) is 68.0 Å². The second-order valence-electron chi connectivity index (χ2n) is 8.92. The zero-order valence-corrected chi connectivity index (χ0v) is 17.5. The lowest BCUT2D eigenvalue weighted by Crippen LogP contribution is -2.40. The Bertz CT molecular complexity index is 935.